The molecule has 0 aliphatic heterocycles. The van der Waals surface area contributed by atoms with Crippen molar-refractivity contribution < 1.29 is 19.4 Å². The summed E-state index contributed by atoms with van der Waals surface area (Å²) in [6.45, 7) is 0. The van der Waals surface area contributed by atoms with Crippen molar-refractivity contribution in [2.24, 2.45) is 0 Å². The largest absolute Gasteiger partial charge is 0.477 e. The van der Waals surface area contributed by atoms with Crippen LogP contribution in [0.3, 0.4) is 0 Å². The van der Waals surface area contributed by atoms with Gasteiger partial charge in [0.05, 0.1) is 5.00 Å². The number of para-hydroxylation sites is 1. The molecule has 0 saturated heterocycles. The second-order valence-corrected chi connectivity index (χ2v) is 4.38. The molecule has 2 aromatic rings. The average molecular weight is 263 g/mol. The number of hydrogen-bond donors (Lipinski definition) is 2. The van der Waals surface area contributed by atoms with E-state index < -0.39 is 12.1 Å². The SMILES string of the molecule is O=C(Nc1ccc(C(=O)O)s1)Oc1ccccc1. The molecule has 0 saturated carbocycles. The van der Waals surface area contributed by atoms with Crippen LogP contribution in [-0.4, -0.2) is 17.2 Å². The maximum absolute atomic E-state index is 11.5. The first-order valence-electron chi connectivity index (χ1n) is 5.02. The summed E-state index contributed by atoms with van der Waals surface area (Å²) in [5, 5.41) is 11.6. The number of aromatic carboxylic acids is 1. The topological polar surface area (TPSA) is 75.6 Å². The van der Waals surface area contributed by atoms with Crippen molar-refractivity contribution in [3.05, 3.63) is 47.3 Å². The predicted molar refractivity (Wildman–Crippen MR) is 67.4 cm³/mol. The van der Waals surface area contributed by atoms with E-state index in [1.54, 1.807) is 24.3 Å². The highest BCUT2D eigenvalue weighted by Gasteiger charge is 2.10. The zero-order valence-electron chi connectivity index (χ0n) is 9.12. The Morgan fingerprint density at radius 2 is 1.83 bits per heavy atom. The highest BCUT2D eigenvalue weighted by Crippen LogP contribution is 2.22. The number of carbonyl (C=O) groups excluding carboxylic acids is 1. The van der Waals surface area contributed by atoms with Gasteiger partial charge in [-0.2, -0.15) is 0 Å². The highest BCUT2D eigenvalue weighted by atomic mass is 32.1. The first-order chi connectivity index (χ1) is 8.65. The number of carboxylic acid groups (broad SMARTS) is 1. The summed E-state index contributed by atoms with van der Waals surface area (Å²) in [6.07, 6.45) is -0.653. The summed E-state index contributed by atoms with van der Waals surface area (Å²) in [6, 6.07) is 11.5. The molecule has 2 N–H and O–H groups in total. The Morgan fingerprint density at radius 1 is 1.11 bits per heavy atom. The normalized spacial score (nSPS) is 9.78. The van der Waals surface area contributed by atoms with Crippen LogP contribution < -0.4 is 10.1 Å². The van der Waals surface area contributed by atoms with Crippen LogP contribution in [0, 0.1) is 0 Å². The average Bonchev–Trinajstić information content (AvgIpc) is 2.78. The van der Waals surface area contributed by atoms with E-state index in [0.29, 0.717) is 10.8 Å². The molecule has 6 heteroatoms. The number of nitrogens with one attached hydrogen (secondary N) is 1. The molecule has 0 aliphatic carbocycles. The summed E-state index contributed by atoms with van der Waals surface area (Å²) in [5.41, 5.74) is 0. The Bertz CT molecular complexity index is 564. The Balaban J connectivity index is 1.97. The first kappa shape index (κ1) is 12.1. The summed E-state index contributed by atoms with van der Waals surface area (Å²) >= 11 is 0.968. The van der Waals surface area contributed by atoms with Gasteiger partial charge in [0.2, 0.25) is 0 Å². The monoisotopic (exact) mass is 263 g/mol. The van der Waals surface area contributed by atoms with Crippen molar-refractivity contribution in [1.82, 2.24) is 0 Å². The molecule has 5 nitrogen and oxygen atoms in total. The van der Waals surface area contributed by atoms with E-state index >= 15 is 0 Å². The highest BCUT2D eigenvalue weighted by molar-refractivity contribution is 7.18. The molecular weight excluding hydrogens is 254 g/mol. The van der Waals surface area contributed by atoms with Gasteiger partial charge in [-0.3, -0.25) is 5.32 Å². The molecule has 1 amide bonds. The van der Waals surface area contributed by atoms with Crippen LogP contribution in [0.5, 0.6) is 5.75 Å². The summed E-state index contributed by atoms with van der Waals surface area (Å²) in [7, 11) is 0. The number of thiophene rings is 1. The third-order valence-corrected chi connectivity index (χ3v) is 2.98. The lowest BCUT2D eigenvalue weighted by Gasteiger charge is -2.03. The van der Waals surface area contributed by atoms with Crippen LogP contribution in [0.1, 0.15) is 9.67 Å². The number of carboxylic acids is 1. The molecule has 0 unspecified atom stereocenters. The number of rotatable bonds is 3. The Labute approximate surface area is 107 Å². The molecule has 1 aromatic carbocycles. The summed E-state index contributed by atoms with van der Waals surface area (Å²) in [5.74, 6) is -0.602. The van der Waals surface area contributed by atoms with E-state index in [4.69, 9.17) is 9.84 Å². The van der Waals surface area contributed by atoms with Gasteiger partial charge in [0.15, 0.2) is 0 Å². The number of benzene rings is 1. The number of hydrogen-bond acceptors (Lipinski definition) is 4. The van der Waals surface area contributed by atoms with E-state index in [2.05, 4.69) is 5.32 Å². The number of anilines is 1. The Kier molecular flexibility index (Phi) is 3.59. The standard InChI is InChI=1S/C12H9NO4S/c14-11(15)9-6-7-10(18-9)13-12(16)17-8-4-2-1-3-5-8/h1-7H,(H,13,16)(H,14,15). The lowest BCUT2D eigenvalue weighted by atomic mass is 10.3. The fourth-order valence-corrected chi connectivity index (χ4v) is 1.97. The second-order valence-electron chi connectivity index (χ2n) is 3.30. The van der Waals surface area contributed by atoms with Crippen molar-refractivity contribution in [1.29, 1.82) is 0 Å². The van der Waals surface area contributed by atoms with Crippen LogP contribution >= 0.6 is 11.3 Å². The minimum atomic E-state index is -1.02. The van der Waals surface area contributed by atoms with Crippen molar-refractivity contribution in [3.63, 3.8) is 0 Å². The molecular formula is C12H9NO4S. The van der Waals surface area contributed by atoms with Crippen molar-refractivity contribution >= 4 is 28.4 Å². The van der Waals surface area contributed by atoms with E-state index in [9.17, 15) is 9.59 Å². The molecule has 1 aromatic heterocycles. The zero-order chi connectivity index (χ0) is 13.0. The minimum absolute atomic E-state index is 0.157. The predicted octanol–water partition coefficient (Wildman–Crippen LogP) is 3.06. The smallest absolute Gasteiger partial charge is 0.417 e. The Morgan fingerprint density at radius 3 is 2.44 bits per heavy atom. The van der Waals surface area contributed by atoms with Crippen LogP contribution in [-0.2, 0) is 0 Å². The van der Waals surface area contributed by atoms with Crippen LogP contribution in [0.25, 0.3) is 0 Å². The maximum Gasteiger partial charge on any atom is 0.417 e. The van der Waals surface area contributed by atoms with Gasteiger partial charge in [0.1, 0.15) is 10.6 Å². The molecule has 0 radical (unpaired) electrons. The molecule has 0 aliphatic rings. The van der Waals surface area contributed by atoms with Crippen molar-refractivity contribution in [3.8, 4) is 5.75 Å². The van der Waals surface area contributed by atoms with Gasteiger partial charge in [0, 0.05) is 0 Å². The van der Waals surface area contributed by atoms with Gasteiger partial charge in [-0.15, -0.1) is 11.3 Å². The number of carbonyl (C=O) groups is 2. The molecule has 0 atom stereocenters. The third-order valence-electron chi connectivity index (χ3n) is 2.00. The van der Waals surface area contributed by atoms with Crippen molar-refractivity contribution in [2.45, 2.75) is 0 Å². The molecule has 2 rings (SSSR count). The fraction of sp³-hybridized carbons (Fsp3) is 0. The quantitative estimate of drug-likeness (QED) is 0.892. The number of ether oxygens (including phenoxy) is 1. The fourth-order valence-electron chi connectivity index (χ4n) is 1.24. The molecule has 0 bridgehead atoms. The maximum atomic E-state index is 11.5. The molecule has 0 fully saturated rings. The van der Waals surface area contributed by atoms with E-state index in [-0.39, 0.29) is 4.88 Å². The molecule has 0 spiro atoms. The van der Waals surface area contributed by atoms with Crippen LogP contribution in [0.2, 0.25) is 0 Å². The number of amides is 1. The van der Waals surface area contributed by atoms with Crippen LogP contribution in [0.15, 0.2) is 42.5 Å². The van der Waals surface area contributed by atoms with Gasteiger partial charge in [-0.05, 0) is 24.3 Å². The molecule has 92 valence electrons. The summed E-state index contributed by atoms with van der Waals surface area (Å²) < 4.78 is 5.00. The second kappa shape index (κ2) is 5.33. The van der Waals surface area contributed by atoms with E-state index in [1.807, 2.05) is 6.07 Å². The van der Waals surface area contributed by atoms with Gasteiger partial charge in [-0.1, -0.05) is 18.2 Å². The van der Waals surface area contributed by atoms with Gasteiger partial charge >= 0.3 is 12.1 Å². The van der Waals surface area contributed by atoms with Gasteiger partial charge in [-0.25, -0.2) is 9.59 Å². The summed E-state index contributed by atoms with van der Waals surface area (Å²) in [4.78, 5) is 22.3. The lowest BCUT2D eigenvalue weighted by molar-refractivity contribution is 0.0702. The Hall–Kier alpha value is -2.34. The van der Waals surface area contributed by atoms with Gasteiger partial charge in [0.25, 0.3) is 0 Å². The van der Waals surface area contributed by atoms with Crippen LogP contribution in [0.4, 0.5) is 9.80 Å². The molecule has 1 heterocycles. The first-order valence-corrected chi connectivity index (χ1v) is 5.84. The van der Waals surface area contributed by atoms with E-state index in [1.165, 1.54) is 12.1 Å². The third kappa shape index (κ3) is 3.08. The lowest BCUT2D eigenvalue weighted by Crippen LogP contribution is -2.15. The van der Waals surface area contributed by atoms with Gasteiger partial charge < -0.3 is 9.84 Å². The molecule has 18 heavy (non-hydrogen) atoms. The van der Waals surface area contributed by atoms with E-state index in [0.717, 1.165) is 11.3 Å². The van der Waals surface area contributed by atoms with Crippen molar-refractivity contribution in [2.75, 3.05) is 5.32 Å². The zero-order valence-corrected chi connectivity index (χ0v) is 9.94. The minimum Gasteiger partial charge on any atom is -0.477 e.